The van der Waals surface area contributed by atoms with Gasteiger partial charge in [-0.25, -0.2) is 21.6 Å². The van der Waals surface area contributed by atoms with E-state index in [-0.39, 0.29) is 23.2 Å². The van der Waals surface area contributed by atoms with E-state index in [0.29, 0.717) is 31.9 Å². The predicted molar refractivity (Wildman–Crippen MR) is 126 cm³/mol. The maximum absolute atomic E-state index is 13.4. The van der Waals surface area contributed by atoms with Gasteiger partial charge in [0, 0.05) is 38.8 Å². The third kappa shape index (κ3) is 8.57. The van der Waals surface area contributed by atoms with Crippen LogP contribution in [-0.4, -0.2) is 94.3 Å². The molecule has 36 heavy (non-hydrogen) atoms. The Morgan fingerprint density at radius 2 is 1.61 bits per heavy atom. The molecule has 1 heterocycles. The van der Waals surface area contributed by atoms with Crippen molar-refractivity contribution in [2.45, 2.75) is 49.2 Å². The maximum Gasteiger partial charge on any atom is 0.490 e. The molecule has 1 aliphatic heterocycles. The molecule has 0 bridgehead atoms. The smallest absolute Gasteiger partial charge is 0.490 e. The Bertz CT molecular complexity index is 1050. The normalized spacial score (nSPS) is 18.4. The molecular formula is C21H32F3N3O7S2. The number of sulfonamides is 2. The number of halogens is 3. The maximum atomic E-state index is 13.4. The van der Waals surface area contributed by atoms with Crippen molar-refractivity contribution in [2.24, 2.45) is 0 Å². The molecule has 0 spiro atoms. The van der Waals surface area contributed by atoms with Gasteiger partial charge in [0.25, 0.3) is 0 Å². The van der Waals surface area contributed by atoms with Crippen LogP contribution in [0.15, 0.2) is 29.2 Å². The van der Waals surface area contributed by atoms with Gasteiger partial charge in [0.2, 0.25) is 20.0 Å². The number of hydrogen-bond acceptors (Lipinski definition) is 7. The predicted octanol–water partition coefficient (Wildman–Crippen LogP) is 1.89. The number of methoxy groups -OCH3 is 1. The Morgan fingerprint density at radius 1 is 1.08 bits per heavy atom. The number of nitrogens with one attached hydrogen (secondary N) is 1. The summed E-state index contributed by atoms with van der Waals surface area (Å²) in [7, 11) is -5.77. The van der Waals surface area contributed by atoms with Gasteiger partial charge in [0.05, 0.1) is 17.8 Å². The molecule has 206 valence electrons. The molecular weight excluding hydrogens is 527 g/mol. The van der Waals surface area contributed by atoms with Crippen LogP contribution >= 0.6 is 0 Å². The first-order chi connectivity index (χ1) is 16.8. The Balaban J connectivity index is 0.000000572. The molecule has 2 N–H and O–H groups in total. The molecule has 0 unspecified atom stereocenters. The van der Waals surface area contributed by atoms with Crippen molar-refractivity contribution in [1.29, 1.82) is 0 Å². The van der Waals surface area contributed by atoms with Crippen LogP contribution in [0.4, 0.5) is 13.2 Å². The summed E-state index contributed by atoms with van der Waals surface area (Å²) in [5.41, 5.74) is 0. The quantitative estimate of drug-likeness (QED) is 0.494. The zero-order chi connectivity index (χ0) is 27.0. The van der Waals surface area contributed by atoms with Gasteiger partial charge in [-0.05, 0) is 37.1 Å². The molecule has 0 atom stereocenters. The third-order valence-corrected chi connectivity index (χ3v) is 9.75. The Morgan fingerprint density at radius 3 is 2.08 bits per heavy atom. The van der Waals surface area contributed by atoms with Crippen molar-refractivity contribution < 1.29 is 44.6 Å². The van der Waals surface area contributed by atoms with E-state index in [1.807, 2.05) is 0 Å². The minimum absolute atomic E-state index is 0.0225. The van der Waals surface area contributed by atoms with Gasteiger partial charge in [0.1, 0.15) is 5.75 Å². The van der Waals surface area contributed by atoms with E-state index < -0.39 is 32.2 Å². The zero-order valence-electron chi connectivity index (χ0n) is 19.9. The van der Waals surface area contributed by atoms with Crippen LogP contribution in [0.1, 0.15) is 32.1 Å². The highest BCUT2D eigenvalue weighted by Gasteiger charge is 2.38. The van der Waals surface area contributed by atoms with Gasteiger partial charge in [0.15, 0.2) is 0 Å². The van der Waals surface area contributed by atoms with Crippen molar-refractivity contribution in [2.75, 3.05) is 45.6 Å². The monoisotopic (exact) mass is 559 g/mol. The second kappa shape index (κ2) is 13.0. The topological polar surface area (TPSA) is 133 Å². The molecule has 0 amide bonds. The fourth-order valence-electron chi connectivity index (χ4n) is 4.01. The molecule has 3 rings (SSSR count). The van der Waals surface area contributed by atoms with E-state index in [9.17, 15) is 30.0 Å². The van der Waals surface area contributed by atoms with E-state index in [0.717, 1.165) is 32.1 Å². The molecule has 1 aliphatic carbocycles. The van der Waals surface area contributed by atoms with Crippen LogP contribution in [0.2, 0.25) is 0 Å². The van der Waals surface area contributed by atoms with Crippen molar-refractivity contribution in [3.63, 3.8) is 0 Å². The average molecular weight is 560 g/mol. The summed E-state index contributed by atoms with van der Waals surface area (Å²) in [6, 6.07) is 6.12. The van der Waals surface area contributed by atoms with Crippen molar-refractivity contribution >= 4 is 26.0 Å². The molecule has 0 radical (unpaired) electrons. The Kier molecular flexibility index (Phi) is 11.0. The molecule has 2 aliphatic rings. The number of rotatable bonds is 8. The van der Waals surface area contributed by atoms with Crippen LogP contribution in [0.5, 0.6) is 5.75 Å². The highest BCUT2D eigenvalue weighted by molar-refractivity contribution is 7.90. The molecule has 1 aromatic carbocycles. The van der Waals surface area contributed by atoms with Gasteiger partial charge in [-0.1, -0.05) is 19.3 Å². The second-order valence-electron chi connectivity index (χ2n) is 8.35. The number of carboxylic acids is 1. The van der Waals surface area contributed by atoms with Crippen molar-refractivity contribution in [1.82, 2.24) is 13.9 Å². The van der Waals surface area contributed by atoms with Gasteiger partial charge >= 0.3 is 12.1 Å². The SMILES string of the molecule is COc1ccc(S(=O)(=O)N(CCS(=O)(=O)N2CCNCC2)C2CCCCC2)cc1.O=C(O)C(F)(F)F. The molecule has 1 saturated carbocycles. The van der Waals surface area contributed by atoms with E-state index in [1.54, 1.807) is 12.1 Å². The first kappa shape index (κ1) is 30.3. The van der Waals surface area contributed by atoms with Gasteiger partial charge in [-0.15, -0.1) is 0 Å². The summed E-state index contributed by atoms with van der Waals surface area (Å²) in [6.07, 6.45) is -0.536. The number of alkyl halides is 3. The molecule has 1 aromatic rings. The highest BCUT2D eigenvalue weighted by atomic mass is 32.2. The Labute approximate surface area is 209 Å². The molecule has 1 saturated heterocycles. The van der Waals surface area contributed by atoms with E-state index in [1.165, 1.54) is 27.9 Å². The van der Waals surface area contributed by atoms with Gasteiger partial charge < -0.3 is 15.2 Å². The molecule has 2 fully saturated rings. The van der Waals surface area contributed by atoms with Crippen LogP contribution in [0, 0.1) is 0 Å². The summed E-state index contributed by atoms with van der Waals surface area (Å²) < 4.78 is 92.1. The molecule has 10 nitrogen and oxygen atoms in total. The number of carbonyl (C=O) groups is 1. The minimum atomic E-state index is -5.08. The first-order valence-corrected chi connectivity index (χ1v) is 14.5. The standard InChI is InChI=1S/C19H31N3O5S2.C2HF3O2/c1-27-18-7-9-19(10-8-18)29(25,26)22(17-5-3-2-4-6-17)15-16-28(23,24)21-13-11-20-12-14-21;3-2(4,5)1(6)7/h7-10,17,20H,2-6,11-16H2,1H3;(H,6,7). The van der Waals surface area contributed by atoms with Gasteiger partial charge in [-0.2, -0.15) is 21.8 Å². The fourth-order valence-corrected chi connectivity index (χ4v) is 7.23. The lowest BCUT2D eigenvalue weighted by Gasteiger charge is -2.34. The number of hydrogen-bond donors (Lipinski definition) is 2. The lowest BCUT2D eigenvalue weighted by atomic mass is 9.95. The van der Waals surface area contributed by atoms with E-state index >= 15 is 0 Å². The lowest BCUT2D eigenvalue weighted by molar-refractivity contribution is -0.192. The van der Waals surface area contributed by atoms with Crippen molar-refractivity contribution in [3.05, 3.63) is 24.3 Å². The van der Waals surface area contributed by atoms with E-state index in [4.69, 9.17) is 14.6 Å². The van der Waals surface area contributed by atoms with E-state index in [2.05, 4.69) is 5.32 Å². The van der Waals surface area contributed by atoms with Crippen LogP contribution in [0.3, 0.4) is 0 Å². The largest absolute Gasteiger partial charge is 0.497 e. The Hall–Kier alpha value is -1.94. The summed E-state index contributed by atoms with van der Waals surface area (Å²) in [5, 5.41) is 10.3. The minimum Gasteiger partial charge on any atom is -0.497 e. The number of benzene rings is 1. The number of carboxylic acid groups (broad SMARTS) is 1. The number of ether oxygens (including phenoxy) is 1. The average Bonchev–Trinajstić information content (AvgIpc) is 2.85. The van der Waals surface area contributed by atoms with Crippen molar-refractivity contribution in [3.8, 4) is 5.75 Å². The van der Waals surface area contributed by atoms with Crippen LogP contribution in [-0.2, 0) is 24.8 Å². The summed E-state index contributed by atoms with van der Waals surface area (Å²) in [4.78, 5) is 9.07. The number of nitrogens with zero attached hydrogens (tertiary/aromatic N) is 2. The molecule has 0 aromatic heterocycles. The summed E-state index contributed by atoms with van der Waals surface area (Å²) in [5.74, 6) is -2.37. The second-order valence-corrected chi connectivity index (χ2v) is 12.3. The number of aliphatic carboxylic acids is 1. The zero-order valence-corrected chi connectivity index (χ0v) is 21.5. The third-order valence-electron chi connectivity index (χ3n) is 5.93. The lowest BCUT2D eigenvalue weighted by Crippen LogP contribution is -2.49. The summed E-state index contributed by atoms with van der Waals surface area (Å²) in [6.45, 7) is 2.07. The summed E-state index contributed by atoms with van der Waals surface area (Å²) >= 11 is 0. The first-order valence-electron chi connectivity index (χ1n) is 11.4. The highest BCUT2D eigenvalue weighted by Crippen LogP contribution is 2.29. The molecule has 15 heteroatoms. The van der Waals surface area contributed by atoms with Gasteiger partial charge in [-0.3, -0.25) is 0 Å². The van der Waals surface area contributed by atoms with Crippen LogP contribution < -0.4 is 10.1 Å². The van der Waals surface area contributed by atoms with Crippen LogP contribution in [0.25, 0.3) is 0 Å². The fraction of sp³-hybridized carbons (Fsp3) is 0.667. The number of piperazine rings is 1.